The SMILES string of the molecule is CCN(Cc1ccc(Br)s1)C(=O)c1cc(N)cc(C)c1F. The van der Waals surface area contributed by atoms with Gasteiger partial charge in [0.05, 0.1) is 15.9 Å². The van der Waals surface area contributed by atoms with Crippen LogP contribution in [-0.2, 0) is 6.54 Å². The van der Waals surface area contributed by atoms with Crippen LogP contribution in [0.1, 0.15) is 27.7 Å². The van der Waals surface area contributed by atoms with Gasteiger partial charge in [-0.05, 0) is 59.6 Å². The minimum Gasteiger partial charge on any atom is -0.399 e. The lowest BCUT2D eigenvalue weighted by molar-refractivity contribution is 0.0749. The second-order valence-corrected chi connectivity index (χ2v) is 7.27. The van der Waals surface area contributed by atoms with Gasteiger partial charge in [-0.15, -0.1) is 11.3 Å². The Morgan fingerprint density at radius 3 is 2.71 bits per heavy atom. The molecule has 3 nitrogen and oxygen atoms in total. The van der Waals surface area contributed by atoms with Crippen molar-refractivity contribution in [2.24, 2.45) is 0 Å². The molecule has 1 heterocycles. The average Bonchev–Trinajstić information content (AvgIpc) is 2.85. The average molecular weight is 371 g/mol. The van der Waals surface area contributed by atoms with Gasteiger partial charge in [-0.3, -0.25) is 4.79 Å². The molecule has 0 bridgehead atoms. The normalized spacial score (nSPS) is 10.7. The largest absolute Gasteiger partial charge is 0.399 e. The highest BCUT2D eigenvalue weighted by Crippen LogP contribution is 2.25. The van der Waals surface area contributed by atoms with E-state index in [1.165, 1.54) is 12.1 Å². The molecule has 1 amide bonds. The second-order valence-electron chi connectivity index (χ2n) is 4.72. The van der Waals surface area contributed by atoms with Crippen molar-refractivity contribution in [3.8, 4) is 0 Å². The number of aryl methyl sites for hydroxylation is 1. The predicted octanol–water partition coefficient (Wildman–Crippen LogP) is 4.20. The highest BCUT2D eigenvalue weighted by Gasteiger charge is 2.20. The van der Waals surface area contributed by atoms with Gasteiger partial charge >= 0.3 is 0 Å². The highest BCUT2D eigenvalue weighted by atomic mass is 79.9. The quantitative estimate of drug-likeness (QED) is 0.819. The van der Waals surface area contributed by atoms with Crippen molar-refractivity contribution in [3.05, 3.63) is 49.9 Å². The van der Waals surface area contributed by atoms with Gasteiger partial charge in [-0.25, -0.2) is 4.39 Å². The van der Waals surface area contributed by atoms with E-state index in [-0.39, 0.29) is 11.5 Å². The van der Waals surface area contributed by atoms with Crippen LogP contribution in [0, 0.1) is 12.7 Å². The number of anilines is 1. The maximum atomic E-state index is 14.2. The number of carbonyl (C=O) groups is 1. The summed E-state index contributed by atoms with van der Waals surface area (Å²) in [6.45, 7) is 4.44. The van der Waals surface area contributed by atoms with Gasteiger partial charge in [-0.2, -0.15) is 0 Å². The fraction of sp³-hybridized carbons (Fsp3) is 0.267. The van der Waals surface area contributed by atoms with Crippen LogP contribution in [0.5, 0.6) is 0 Å². The number of carbonyl (C=O) groups excluding carboxylic acids is 1. The third kappa shape index (κ3) is 3.63. The van der Waals surface area contributed by atoms with E-state index in [9.17, 15) is 9.18 Å². The first-order chi connectivity index (χ1) is 9.92. The first-order valence-electron chi connectivity index (χ1n) is 6.51. The van der Waals surface area contributed by atoms with Crippen LogP contribution in [0.4, 0.5) is 10.1 Å². The number of benzene rings is 1. The maximum absolute atomic E-state index is 14.2. The molecule has 0 aliphatic rings. The molecule has 0 spiro atoms. The van der Waals surface area contributed by atoms with E-state index in [4.69, 9.17) is 5.73 Å². The number of nitrogens with zero attached hydrogens (tertiary/aromatic N) is 1. The molecule has 0 radical (unpaired) electrons. The molecule has 0 unspecified atom stereocenters. The Morgan fingerprint density at radius 1 is 1.43 bits per heavy atom. The van der Waals surface area contributed by atoms with E-state index < -0.39 is 5.82 Å². The first-order valence-corrected chi connectivity index (χ1v) is 8.12. The molecule has 1 aromatic heterocycles. The van der Waals surface area contributed by atoms with Crippen LogP contribution in [0.25, 0.3) is 0 Å². The summed E-state index contributed by atoms with van der Waals surface area (Å²) in [5.74, 6) is -0.838. The summed E-state index contributed by atoms with van der Waals surface area (Å²) in [5.41, 5.74) is 6.53. The third-order valence-corrected chi connectivity index (χ3v) is 4.76. The van der Waals surface area contributed by atoms with Crippen LogP contribution in [0.2, 0.25) is 0 Å². The Bertz CT molecular complexity index is 672. The standard InChI is InChI=1S/C15H16BrFN2OS/c1-3-19(8-11-4-5-13(16)21-11)15(20)12-7-10(18)6-9(2)14(12)17/h4-7H,3,8,18H2,1-2H3. The highest BCUT2D eigenvalue weighted by molar-refractivity contribution is 9.11. The fourth-order valence-electron chi connectivity index (χ4n) is 2.08. The Hall–Kier alpha value is -1.40. The molecule has 0 saturated carbocycles. The zero-order valence-electron chi connectivity index (χ0n) is 11.8. The molecule has 2 aromatic rings. The van der Waals surface area contributed by atoms with Crippen LogP contribution in [0.15, 0.2) is 28.1 Å². The number of thiophene rings is 1. The van der Waals surface area contributed by atoms with E-state index in [2.05, 4.69) is 15.9 Å². The number of hydrogen-bond donors (Lipinski definition) is 1. The van der Waals surface area contributed by atoms with E-state index in [0.29, 0.717) is 24.3 Å². The number of amides is 1. The van der Waals surface area contributed by atoms with Gasteiger partial charge in [0.25, 0.3) is 5.91 Å². The molecule has 0 aliphatic heterocycles. The third-order valence-electron chi connectivity index (χ3n) is 3.15. The van der Waals surface area contributed by atoms with Gasteiger partial charge < -0.3 is 10.6 Å². The van der Waals surface area contributed by atoms with Crippen LogP contribution in [0.3, 0.4) is 0 Å². The van der Waals surface area contributed by atoms with Crippen molar-refractivity contribution >= 4 is 38.9 Å². The molecule has 0 aliphatic carbocycles. The summed E-state index contributed by atoms with van der Waals surface area (Å²) in [4.78, 5) is 15.2. The van der Waals surface area contributed by atoms with Gasteiger partial charge in [0.2, 0.25) is 0 Å². The van der Waals surface area contributed by atoms with E-state index in [1.807, 2.05) is 19.1 Å². The molecule has 1 aromatic carbocycles. The van der Waals surface area contributed by atoms with Gasteiger partial charge in [0.1, 0.15) is 5.82 Å². The Labute approximate surface area is 135 Å². The number of nitrogens with two attached hydrogens (primary N) is 1. The zero-order chi connectivity index (χ0) is 15.6. The Kier molecular flexibility index (Phi) is 5.00. The molecule has 0 atom stereocenters. The molecule has 6 heteroatoms. The molecule has 0 saturated heterocycles. The van der Waals surface area contributed by atoms with Crippen molar-refractivity contribution in [2.45, 2.75) is 20.4 Å². The van der Waals surface area contributed by atoms with Crippen molar-refractivity contribution < 1.29 is 9.18 Å². The monoisotopic (exact) mass is 370 g/mol. The predicted molar refractivity (Wildman–Crippen MR) is 88.0 cm³/mol. The smallest absolute Gasteiger partial charge is 0.257 e. The van der Waals surface area contributed by atoms with E-state index >= 15 is 0 Å². The van der Waals surface area contributed by atoms with Crippen molar-refractivity contribution in [3.63, 3.8) is 0 Å². The number of halogens is 2. The summed E-state index contributed by atoms with van der Waals surface area (Å²) in [6.07, 6.45) is 0. The summed E-state index contributed by atoms with van der Waals surface area (Å²) >= 11 is 4.95. The summed E-state index contributed by atoms with van der Waals surface area (Å²) in [6, 6.07) is 6.81. The zero-order valence-corrected chi connectivity index (χ0v) is 14.2. The van der Waals surface area contributed by atoms with E-state index in [1.54, 1.807) is 23.2 Å². The van der Waals surface area contributed by atoms with Gasteiger partial charge in [0.15, 0.2) is 0 Å². The minimum atomic E-state index is -0.500. The molecule has 2 rings (SSSR count). The first kappa shape index (κ1) is 16.0. The van der Waals surface area contributed by atoms with Crippen LogP contribution in [-0.4, -0.2) is 17.4 Å². The van der Waals surface area contributed by atoms with Crippen molar-refractivity contribution in [1.29, 1.82) is 0 Å². The summed E-state index contributed by atoms with van der Waals surface area (Å²) < 4.78 is 15.2. The lowest BCUT2D eigenvalue weighted by Crippen LogP contribution is -2.31. The topological polar surface area (TPSA) is 46.3 Å². The minimum absolute atomic E-state index is 0.0324. The van der Waals surface area contributed by atoms with Gasteiger partial charge in [-0.1, -0.05) is 0 Å². The molecular formula is C15H16BrFN2OS. The molecular weight excluding hydrogens is 355 g/mol. The fourth-order valence-corrected chi connectivity index (χ4v) is 3.57. The van der Waals surface area contributed by atoms with Crippen LogP contribution >= 0.6 is 27.3 Å². The lowest BCUT2D eigenvalue weighted by Gasteiger charge is -2.21. The Balaban J connectivity index is 2.28. The van der Waals surface area contributed by atoms with E-state index in [0.717, 1.165) is 8.66 Å². The lowest BCUT2D eigenvalue weighted by atomic mass is 10.1. The summed E-state index contributed by atoms with van der Waals surface area (Å²) in [7, 11) is 0. The van der Waals surface area contributed by atoms with Gasteiger partial charge in [0, 0.05) is 17.1 Å². The van der Waals surface area contributed by atoms with Crippen molar-refractivity contribution in [1.82, 2.24) is 4.90 Å². The van der Waals surface area contributed by atoms with Crippen LogP contribution < -0.4 is 5.73 Å². The Morgan fingerprint density at radius 2 is 2.14 bits per heavy atom. The molecule has 0 fully saturated rings. The summed E-state index contributed by atoms with van der Waals surface area (Å²) in [5, 5.41) is 0. The maximum Gasteiger partial charge on any atom is 0.257 e. The number of hydrogen-bond acceptors (Lipinski definition) is 3. The molecule has 112 valence electrons. The number of rotatable bonds is 4. The number of nitrogen functional groups attached to an aromatic ring is 1. The van der Waals surface area contributed by atoms with Crippen molar-refractivity contribution in [2.75, 3.05) is 12.3 Å². The molecule has 21 heavy (non-hydrogen) atoms. The molecule has 2 N–H and O–H groups in total. The second kappa shape index (κ2) is 6.58.